The molecule has 2 aromatic rings. The average Bonchev–Trinajstić information content (AvgIpc) is 2.99. The lowest BCUT2D eigenvalue weighted by molar-refractivity contribution is -0.139. The molecule has 1 spiro atoms. The molecule has 5 rings (SSSR count). The SMILES string of the molecule is CN1c2ccc(-c3cncc(Cl)c3N3CCC4(CC3)NC(=O)CNC4=O)cc2CS1(=O)=O. The maximum absolute atomic E-state index is 12.5. The number of nitrogens with zero attached hydrogens (tertiary/aromatic N) is 3. The zero-order valence-corrected chi connectivity index (χ0v) is 19.0. The second-order valence-electron chi connectivity index (χ2n) is 8.38. The van der Waals surface area contributed by atoms with Crippen LogP contribution in [0.2, 0.25) is 5.02 Å². The molecule has 1 aromatic carbocycles. The number of piperidine rings is 1. The van der Waals surface area contributed by atoms with Crippen LogP contribution in [0.3, 0.4) is 0 Å². The molecule has 2 amide bonds. The van der Waals surface area contributed by atoms with E-state index in [9.17, 15) is 18.0 Å². The molecular formula is C21H22ClN5O4S. The summed E-state index contributed by atoms with van der Waals surface area (Å²) in [5.41, 5.74) is 2.91. The van der Waals surface area contributed by atoms with Crippen LogP contribution in [0.1, 0.15) is 18.4 Å². The number of halogens is 1. The van der Waals surface area contributed by atoms with Gasteiger partial charge in [-0.3, -0.25) is 18.9 Å². The number of pyridine rings is 1. The minimum Gasteiger partial charge on any atom is -0.370 e. The molecule has 0 saturated carbocycles. The van der Waals surface area contributed by atoms with Gasteiger partial charge in [-0.15, -0.1) is 0 Å². The van der Waals surface area contributed by atoms with Crippen LogP contribution >= 0.6 is 11.6 Å². The molecule has 11 heteroatoms. The number of aromatic nitrogens is 1. The molecule has 2 N–H and O–H groups in total. The standard InChI is InChI=1S/C21H22ClN5O4S/c1-26-17-3-2-13(8-14(17)12-32(26,30)31)15-9-23-10-16(22)19(15)27-6-4-21(5-7-27)20(29)24-11-18(28)25-21/h2-3,8-10H,4-7,11-12H2,1H3,(H,24,29)(H,25,28). The van der Waals surface area contributed by atoms with E-state index in [1.54, 1.807) is 25.5 Å². The Balaban J connectivity index is 1.47. The molecule has 0 aliphatic carbocycles. The molecule has 3 aliphatic rings. The van der Waals surface area contributed by atoms with E-state index in [0.29, 0.717) is 36.6 Å². The second kappa shape index (κ2) is 7.35. The first-order valence-corrected chi connectivity index (χ1v) is 12.3. The molecule has 168 valence electrons. The van der Waals surface area contributed by atoms with Gasteiger partial charge in [-0.2, -0.15) is 0 Å². The van der Waals surface area contributed by atoms with Crippen molar-refractivity contribution in [2.75, 3.05) is 35.9 Å². The summed E-state index contributed by atoms with van der Waals surface area (Å²) >= 11 is 6.57. The normalized spacial score (nSPS) is 21.3. The second-order valence-corrected chi connectivity index (χ2v) is 10.8. The van der Waals surface area contributed by atoms with Crippen LogP contribution in [-0.4, -0.2) is 57.4 Å². The third-order valence-corrected chi connectivity index (χ3v) is 8.50. The van der Waals surface area contributed by atoms with Gasteiger partial charge >= 0.3 is 0 Å². The van der Waals surface area contributed by atoms with Crippen molar-refractivity contribution in [1.29, 1.82) is 0 Å². The number of amides is 2. The predicted molar refractivity (Wildman–Crippen MR) is 121 cm³/mol. The van der Waals surface area contributed by atoms with Crippen molar-refractivity contribution >= 4 is 44.8 Å². The van der Waals surface area contributed by atoms with Crippen LogP contribution in [0.25, 0.3) is 11.1 Å². The number of piperazine rings is 1. The number of benzene rings is 1. The molecule has 32 heavy (non-hydrogen) atoms. The summed E-state index contributed by atoms with van der Waals surface area (Å²) in [6, 6.07) is 5.54. The van der Waals surface area contributed by atoms with Crippen molar-refractivity contribution in [3.05, 3.63) is 41.2 Å². The van der Waals surface area contributed by atoms with E-state index in [4.69, 9.17) is 11.6 Å². The van der Waals surface area contributed by atoms with Crippen LogP contribution in [0.4, 0.5) is 11.4 Å². The van der Waals surface area contributed by atoms with Crippen LogP contribution in [0, 0.1) is 0 Å². The lowest BCUT2D eigenvalue weighted by atomic mass is 9.84. The molecule has 3 aliphatic heterocycles. The number of carbonyl (C=O) groups is 2. The average molecular weight is 476 g/mol. The zero-order valence-electron chi connectivity index (χ0n) is 17.4. The summed E-state index contributed by atoms with van der Waals surface area (Å²) in [5.74, 6) is -0.377. The largest absolute Gasteiger partial charge is 0.370 e. The summed E-state index contributed by atoms with van der Waals surface area (Å²) in [4.78, 5) is 30.7. The van der Waals surface area contributed by atoms with E-state index in [1.165, 1.54) is 4.31 Å². The maximum atomic E-state index is 12.5. The third kappa shape index (κ3) is 3.29. The quantitative estimate of drug-likeness (QED) is 0.676. The maximum Gasteiger partial charge on any atom is 0.246 e. The first-order valence-electron chi connectivity index (χ1n) is 10.3. The molecule has 1 aromatic heterocycles. The van der Waals surface area contributed by atoms with E-state index < -0.39 is 15.6 Å². The smallest absolute Gasteiger partial charge is 0.246 e. The Kier molecular flexibility index (Phi) is 4.82. The number of nitrogens with one attached hydrogen (secondary N) is 2. The lowest BCUT2D eigenvalue weighted by Crippen LogP contribution is -2.68. The minimum absolute atomic E-state index is 0.00780. The first kappa shape index (κ1) is 21.0. The van der Waals surface area contributed by atoms with Gasteiger partial charge in [0.15, 0.2) is 0 Å². The van der Waals surface area contributed by atoms with Gasteiger partial charge in [0.05, 0.1) is 28.7 Å². The topological polar surface area (TPSA) is 112 Å². The molecular weight excluding hydrogens is 454 g/mol. The first-order chi connectivity index (χ1) is 15.2. The molecule has 0 atom stereocenters. The van der Waals surface area contributed by atoms with Gasteiger partial charge in [-0.05, 0) is 36.1 Å². The van der Waals surface area contributed by atoms with E-state index in [0.717, 1.165) is 22.4 Å². The van der Waals surface area contributed by atoms with Gasteiger partial charge in [-0.1, -0.05) is 17.7 Å². The van der Waals surface area contributed by atoms with E-state index >= 15 is 0 Å². The monoisotopic (exact) mass is 475 g/mol. The number of carbonyl (C=O) groups excluding carboxylic acids is 2. The summed E-state index contributed by atoms with van der Waals surface area (Å²) in [7, 11) is -1.79. The van der Waals surface area contributed by atoms with Gasteiger partial charge in [-0.25, -0.2) is 8.42 Å². The van der Waals surface area contributed by atoms with Gasteiger partial charge in [0.2, 0.25) is 21.8 Å². The van der Waals surface area contributed by atoms with E-state index in [1.807, 2.05) is 12.1 Å². The van der Waals surface area contributed by atoms with Gasteiger partial charge in [0.25, 0.3) is 0 Å². The highest BCUT2D eigenvalue weighted by Gasteiger charge is 2.45. The Labute approximate surface area is 190 Å². The van der Waals surface area contributed by atoms with Gasteiger partial charge < -0.3 is 15.5 Å². The van der Waals surface area contributed by atoms with Crippen molar-refractivity contribution in [2.24, 2.45) is 0 Å². The summed E-state index contributed by atoms with van der Waals surface area (Å²) in [5, 5.41) is 6.01. The minimum atomic E-state index is -3.34. The molecule has 0 bridgehead atoms. The Morgan fingerprint density at radius 1 is 1.16 bits per heavy atom. The Bertz CT molecular complexity index is 1240. The van der Waals surface area contributed by atoms with Crippen molar-refractivity contribution < 1.29 is 18.0 Å². The van der Waals surface area contributed by atoms with Crippen molar-refractivity contribution in [3.8, 4) is 11.1 Å². The van der Waals surface area contributed by atoms with Crippen molar-refractivity contribution in [3.63, 3.8) is 0 Å². The van der Waals surface area contributed by atoms with Crippen LogP contribution in [-0.2, 0) is 25.4 Å². The highest BCUT2D eigenvalue weighted by molar-refractivity contribution is 7.92. The van der Waals surface area contributed by atoms with E-state index in [2.05, 4.69) is 20.5 Å². The van der Waals surface area contributed by atoms with Gasteiger partial charge in [0, 0.05) is 38.1 Å². The van der Waals surface area contributed by atoms with Crippen LogP contribution in [0.5, 0.6) is 0 Å². The molecule has 2 fully saturated rings. The number of sulfonamides is 1. The number of hydrogen-bond donors (Lipinski definition) is 2. The fraction of sp³-hybridized carbons (Fsp3) is 0.381. The molecule has 9 nitrogen and oxygen atoms in total. The zero-order chi connectivity index (χ0) is 22.7. The predicted octanol–water partition coefficient (Wildman–Crippen LogP) is 1.27. The molecule has 4 heterocycles. The Hall–Kier alpha value is -2.85. The summed E-state index contributed by atoms with van der Waals surface area (Å²) in [6.45, 7) is 1.05. The summed E-state index contributed by atoms with van der Waals surface area (Å²) < 4.78 is 25.8. The molecule has 0 unspecified atom stereocenters. The fourth-order valence-corrected chi connectivity index (χ4v) is 6.31. The number of hydrogen-bond acceptors (Lipinski definition) is 6. The highest BCUT2D eigenvalue weighted by Crippen LogP contribution is 2.41. The van der Waals surface area contributed by atoms with Crippen LogP contribution < -0.4 is 19.8 Å². The summed E-state index contributed by atoms with van der Waals surface area (Å²) in [6.07, 6.45) is 4.20. The Morgan fingerprint density at radius 2 is 1.91 bits per heavy atom. The number of anilines is 2. The lowest BCUT2D eigenvalue weighted by Gasteiger charge is -2.44. The molecule has 2 saturated heterocycles. The Morgan fingerprint density at radius 3 is 2.66 bits per heavy atom. The van der Waals surface area contributed by atoms with E-state index in [-0.39, 0.29) is 24.1 Å². The number of rotatable bonds is 2. The van der Waals surface area contributed by atoms with Crippen molar-refractivity contribution in [1.82, 2.24) is 15.6 Å². The molecule has 0 radical (unpaired) electrons. The van der Waals surface area contributed by atoms with Crippen LogP contribution in [0.15, 0.2) is 30.6 Å². The fourth-order valence-electron chi connectivity index (χ4n) is 4.74. The van der Waals surface area contributed by atoms with Crippen molar-refractivity contribution in [2.45, 2.75) is 24.1 Å². The van der Waals surface area contributed by atoms with Gasteiger partial charge in [0.1, 0.15) is 5.54 Å². The third-order valence-electron chi connectivity index (χ3n) is 6.51. The number of fused-ring (bicyclic) bond motifs is 1. The highest BCUT2D eigenvalue weighted by atomic mass is 35.5.